The molecule has 0 radical (unpaired) electrons. The molecule has 2 atom stereocenters. The number of aliphatic hydroxyl groups is 1. The largest absolute Gasteiger partial charge is 0.465 e. The van der Waals surface area contributed by atoms with Crippen molar-refractivity contribution in [2.75, 3.05) is 18.5 Å². The summed E-state index contributed by atoms with van der Waals surface area (Å²) < 4.78 is 11.4. The zero-order valence-corrected chi connectivity index (χ0v) is 14.5. The third-order valence-corrected chi connectivity index (χ3v) is 3.27. The Morgan fingerprint density at radius 2 is 1.73 bits per heavy atom. The van der Waals surface area contributed by atoms with Crippen LogP contribution in [0.15, 0.2) is 24.3 Å². The molecular formula is C18H31NO3. The summed E-state index contributed by atoms with van der Waals surface area (Å²) in [7, 11) is 0. The van der Waals surface area contributed by atoms with Crippen LogP contribution in [-0.2, 0) is 4.74 Å². The lowest BCUT2D eigenvalue weighted by Gasteiger charge is -2.22. The van der Waals surface area contributed by atoms with Gasteiger partial charge in [-0.1, -0.05) is 27.7 Å². The van der Waals surface area contributed by atoms with Gasteiger partial charge in [0.05, 0.1) is 6.10 Å². The Hall–Kier alpha value is -1.26. The molecule has 0 spiro atoms. The van der Waals surface area contributed by atoms with Gasteiger partial charge >= 0.3 is 0 Å². The molecular weight excluding hydrogens is 278 g/mol. The molecule has 1 aromatic rings. The van der Waals surface area contributed by atoms with Gasteiger partial charge in [-0.25, -0.2) is 0 Å². The minimum absolute atomic E-state index is 0.225. The fraction of sp³-hybridized carbons (Fsp3) is 0.667. The maximum atomic E-state index is 9.87. The van der Waals surface area contributed by atoms with Gasteiger partial charge < -0.3 is 19.9 Å². The number of anilines is 1. The van der Waals surface area contributed by atoms with E-state index >= 15 is 0 Å². The van der Waals surface area contributed by atoms with Crippen molar-refractivity contribution in [1.82, 2.24) is 0 Å². The normalized spacial score (nSPS) is 14.2. The van der Waals surface area contributed by atoms with Crippen LogP contribution in [0, 0.1) is 11.8 Å². The Morgan fingerprint density at radius 1 is 1.09 bits per heavy atom. The Kier molecular flexibility index (Phi) is 8.28. The molecule has 1 rings (SSSR count). The molecule has 0 aliphatic rings. The molecule has 22 heavy (non-hydrogen) atoms. The van der Waals surface area contributed by atoms with E-state index in [2.05, 4.69) is 33.0 Å². The van der Waals surface area contributed by atoms with Gasteiger partial charge in [-0.15, -0.1) is 0 Å². The van der Waals surface area contributed by atoms with Gasteiger partial charge in [-0.05, 0) is 43.5 Å². The molecule has 4 nitrogen and oxygen atoms in total. The van der Waals surface area contributed by atoms with Gasteiger partial charge in [0.1, 0.15) is 5.75 Å². The fourth-order valence-corrected chi connectivity index (χ4v) is 2.18. The highest BCUT2D eigenvalue weighted by molar-refractivity contribution is 5.46. The number of hydrogen-bond donors (Lipinski definition) is 2. The molecule has 2 N–H and O–H groups in total. The van der Waals surface area contributed by atoms with Crippen LogP contribution in [0.25, 0.3) is 0 Å². The summed E-state index contributed by atoms with van der Waals surface area (Å²) in [5.41, 5.74) is 0.979. The summed E-state index contributed by atoms with van der Waals surface area (Å²) in [4.78, 5) is 0. The van der Waals surface area contributed by atoms with Crippen LogP contribution < -0.4 is 10.1 Å². The lowest BCUT2D eigenvalue weighted by atomic mass is 10.1. The Labute approximate surface area is 134 Å². The summed E-state index contributed by atoms with van der Waals surface area (Å²) >= 11 is 0. The van der Waals surface area contributed by atoms with Crippen molar-refractivity contribution < 1.29 is 14.6 Å². The second-order valence-corrected chi connectivity index (χ2v) is 6.37. The monoisotopic (exact) mass is 309 g/mol. The van der Waals surface area contributed by atoms with E-state index in [1.807, 2.05) is 31.2 Å². The molecule has 2 unspecified atom stereocenters. The molecule has 126 valence electrons. The van der Waals surface area contributed by atoms with Crippen LogP contribution in [0.5, 0.6) is 5.75 Å². The summed E-state index contributed by atoms with van der Waals surface area (Å²) in [6, 6.07) is 7.76. The lowest BCUT2D eigenvalue weighted by molar-refractivity contribution is -0.103. The molecule has 0 amide bonds. The van der Waals surface area contributed by atoms with Crippen molar-refractivity contribution >= 4 is 5.69 Å². The second kappa shape index (κ2) is 9.70. The topological polar surface area (TPSA) is 50.7 Å². The van der Waals surface area contributed by atoms with E-state index in [1.54, 1.807) is 0 Å². The van der Waals surface area contributed by atoms with Crippen LogP contribution >= 0.6 is 0 Å². The number of rotatable bonds is 10. The van der Waals surface area contributed by atoms with Gasteiger partial charge in [-0.3, -0.25) is 0 Å². The van der Waals surface area contributed by atoms with E-state index in [4.69, 9.17) is 9.47 Å². The molecule has 0 saturated heterocycles. The first-order chi connectivity index (χ1) is 10.4. The van der Waals surface area contributed by atoms with Crippen molar-refractivity contribution in [2.45, 2.75) is 53.4 Å². The lowest BCUT2D eigenvalue weighted by Crippen LogP contribution is -2.26. The quantitative estimate of drug-likeness (QED) is 0.644. The highest BCUT2D eigenvalue weighted by Crippen LogP contribution is 2.20. The zero-order chi connectivity index (χ0) is 16.5. The molecule has 0 fully saturated rings. The van der Waals surface area contributed by atoms with Crippen LogP contribution in [0.1, 0.15) is 41.0 Å². The van der Waals surface area contributed by atoms with Crippen molar-refractivity contribution in [3.8, 4) is 5.75 Å². The van der Waals surface area contributed by atoms with Crippen LogP contribution in [0.4, 0.5) is 5.69 Å². The van der Waals surface area contributed by atoms with Crippen LogP contribution in [-0.4, -0.2) is 30.7 Å². The summed E-state index contributed by atoms with van der Waals surface area (Å²) in [5, 5.41) is 13.1. The minimum atomic E-state index is -0.320. The Morgan fingerprint density at radius 3 is 2.23 bits per heavy atom. The Balaban J connectivity index is 2.48. The number of benzene rings is 1. The molecule has 0 heterocycles. The summed E-state index contributed by atoms with van der Waals surface area (Å²) in [6.07, 6.45) is 0.259. The van der Waals surface area contributed by atoms with E-state index in [9.17, 15) is 5.11 Å². The van der Waals surface area contributed by atoms with Crippen molar-refractivity contribution in [2.24, 2.45) is 11.8 Å². The van der Waals surface area contributed by atoms with Gasteiger partial charge in [0.25, 0.3) is 0 Å². The molecule has 0 saturated carbocycles. The van der Waals surface area contributed by atoms with Crippen LogP contribution in [0.2, 0.25) is 0 Å². The predicted molar refractivity (Wildman–Crippen MR) is 91.3 cm³/mol. The summed E-state index contributed by atoms with van der Waals surface area (Å²) in [5.74, 6) is 1.59. The van der Waals surface area contributed by atoms with E-state index in [-0.39, 0.29) is 12.4 Å². The number of ether oxygens (including phenoxy) is 2. The molecule has 1 aromatic carbocycles. The Bertz CT molecular complexity index is 403. The van der Waals surface area contributed by atoms with Crippen molar-refractivity contribution in [3.05, 3.63) is 24.3 Å². The molecule has 4 heteroatoms. The standard InChI is InChI=1S/C18H31NO3/c1-6-21-18(14(4)5)22-17-9-7-15(8-10-17)19-12-16(20)11-13(2)3/h7-10,13-14,16,18-20H,6,11-12H2,1-5H3. The van der Waals surface area contributed by atoms with Crippen molar-refractivity contribution in [1.29, 1.82) is 0 Å². The first-order valence-corrected chi connectivity index (χ1v) is 8.22. The summed E-state index contributed by atoms with van der Waals surface area (Å²) in [6.45, 7) is 11.5. The van der Waals surface area contributed by atoms with E-state index in [0.717, 1.165) is 17.9 Å². The highest BCUT2D eigenvalue weighted by Gasteiger charge is 2.14. The smallest absolute Gasteiger partial charge is 0.202 e. The van der Waals surface area contributed by atoms with Gasteiger partial charge in [0.15, 0.2) is 0 Å². The number of nitrogens with one attached hydrogen (secondary N) is 1. The average Bonchev–Trinajstić information content (AvgIpc) is 2.45. The van der Waals surface area contributed by atoms with Gasteiger partial charge in [0, 0.05) is 24.8 Å². The highest BCUT2D eigenvalue weighted by atomic mass is 16.7. The average molecular weight is 309 g/mol. The fourth-order valence-electron chi connectivity index (χ4n) is 2.18. The number of aliphatic hydroxyl groups excluding tert-OH is 1. The third-order valence-electron chi connectivity index (χ3n) is 3.27. The van der Waals surface area contributed by atoms with E-state index in [0.29, 0.717) is 25.0 Å². The maximum Gasteiger partial charge on any atom is 0.202 e. The van der Waals surface area contributed by atoms with Gasteiger partial charge in [0.2, 0.25) is 6.29 Å². The van der Waals surface area contributed by atoms with Crippen LogP contribution in [0.3, 0.4) is 0 Å². The first kappa shape index (κ1) is 18.8. The molecule has 0 bridgehead atoms. The second-order valence-electron chi connectivity index (χ2n) is 6.37. The molecule has 0 aromatic heterocycles. The van der Waals surface area contributed by atoms with E-state index in [1.165, 1.54) is 0 Å². The molecule has 0 aliphatic heterocycles. The number of hydrogen-bond acceptors (Lipinski definition) is 4. The minimum Gasteiger partial charge on any atom is -0.465 e. The van der Waals surface area contributed by atoms with Crippen molar-refractivity contribution in [3.63, 3.8) is 0 Å². The SMILES string of the molecule is CCOC(Oc1ccc(NCC(O)CC(C)C)cc1)C(C)C. The predicted octanol–water partition coefficient (Wildman–Crippen LogP) is 3.90. The van der Waals surface area contributed by atoms with E-state index < -0.39 is 0 Å². The third kappa shape index (κ3) is 7.14. The first-order valence-electron chi connectivity index (χ1n) is 8.22. The zero-order valence-electron chi connectivity index (χ0n) is 14.5. The maximum absolute atomic E-state index is 9.87. The molecule has 0 aliphatic carbocycles. The van der Waals surface area contributed by atoms with Gasteiger partial charge in [-0.2, -0.15) is 0 Å².